The van der Waals surface area contributed by atoms with Gasteiger partial charge in [-0.1, -0.05) is 0 Å². The van der Waals surface area contributed by atoms with E-state index in [9.17, 15) is 4.79 Å². The average molecular weight is 201 g/mol. The molecule has 2 radical (unpaired) electrons. The highest BCUT2D eigenvalue weighted by Gasteiger charge is 2.22. The zero-order valence-electron chi connectivity index (χ0n) is 8.08. The Morgan fingerprint density at radius 2 is 2.08 bits per heavy atom. The van der Waals surface area contributed by atoms with Crippen LogP contribution in [0.2, 0.25) is 0 Å². The molecule has 0 atom stereocenters. The van der Waals surface area contributed by atoms with Gasteiger partial charge in [-0.2, -0.15) is 0 Å². The van der Waals surface area contributed by atoms with Gasteiger partial charge in [0, 0.05) is 27.2 Å². The summed E-state index contributed by atoms with van der Waals surface area (Å²) in [6.07, 6.45) is 2.79. The lowest BCUT2D eigenvalue weighted by atomic mass is 10.2. The summed E-state index contributed by atoms with van der Waals surface area (Å²) in [5.41, 5.74) is 0. The number of piperidine rings is 1. The van der Waals surface area contributed by atoms with Crippen LogP contribution in [0.15, 0.2) is 0 Å². The van der Waals surface area contributed by atoms with Crippen LogP contribution >= 0.6 is 0 Å². The molecule has 1 rings (SSSR count). The largest absolute Gasteiger partial charge is 0.365 e. The summed E-state index contributed by atoms with van der Waals surface area (Å²) < 4.78 is 11.9. The predicted octanol–water partition coefficient (Wildman–Crippen LogP) is 0.194. The summed E-state index contributed by atoms with van der Waals surface area (Å²) in [6.45, 7) is 0.848. The molecular formula is C8H15NO3Si. The number of hydrogen-bond donors (Lipinski definition) is 0. The first kappa shape index (κ1) is 10.7. The highest BCUT2D eigenvalue weighted by atomic mass is 28.2. The molecule has 0 aromatic heterocycles. The van der Waals surface area contributed by atoms with Crippen molar-refractivity contribution in [2.75, 3.05) is 20.8 Å². The summed E-state index contributed by atoms with van der Waals surface area (Å²) in [6, 6.07) is 0. The molecule has 13 heavy (non-hydrogen) atoms. The van der Waals surface area contributed by atoms with Crippen LogP contribution < -0.4 is 0 Å². The summed E-state index contributed by atoms with van der Waals surface area (Å²) in [7, 11) is 3.48. The summed E-state index contributed by atoms with van der Waals surface area (Å²) in [4.78, 5) is 11.4. The maximum absolute atomic E-state index is 11.4. The molecule has 0 N–H and O–H groups in total. The molecular weight excluding hydrogens is 186 g/mol. The van der Waals surface area contributed by atoms with Crippen LogP contribution in [0.5, 0.6) is 0 Å². The second-order valence-corrected chi connectivity index (χ2v) is 4.20. The Balaban J connectivity index is 2.36. The third kappa shape index (κ3) is 3.09. The molecule has 0 spiro atoms. The third-order valence-electron chi connectivity index (χ3n) is 2.01. The van der Waals surface area contributed by atoms with Crippen molar-refractivity contribution >= 4 is 15.6 Å². The van der Waals surface area contributed by atoms with Gasteiger partial charge < -0.3 is 14.0 Å². The maximum Gasteiger partial charge on any atom is 0.256 e. The van der Waals surface area contributed by atoms with Crippen molar-refractivity contribution < 1.29 is 14.3 Å². The van der Waals surface area contributed by atoms with Crippen molar-refractivity contribution in [1.29, 1.82) is 0 Å². The number of ether oxygens (including phenoxy) is 2. The Bertz CT molecular complexity index is 173. The van der Waals surface area contributed by atoms with E-state index in [0.717, 1.165) is 19.4 Å². The summed E-state index contributed by atoms with van der Waals surface area (Å²) in [5, 5.41) is 0. The average Bonchev–Trinajstić information content (AvgIpc) is 2.17. The zero-order chi connectivity index (χ0) is 9.68. The fourth-order valence-electron chi connectivity index (χ4n) is 1.27. The minimum atomic E-state index is -0.262. The van der Waals surface area contributed by atoms with Gasteiger partial charge >= 0.3 is 0 Å². The van der Waals surface area contributed by atoms with Gasteiger partial charge in [-0.25, -0.2) is 0 Å². The van der Waals surface area contributed by atoms with Crippen LogP contribution in [0, 0.1) is 0 Å². The quantitative estimate of drug-likeness (QED) is 0.481. The molecule has 0 bridgehead atoms. The van der Waals surface area contributed by atoms with E-state index < -0.39 is 0 Å². The smallest absolute Gasteiger partial charge is 0.256 e. The molecule has 1 fully saturated rings. The maximum atomic E-state index is 11.4. The Hall–Kier alpha value is -0.393. The van der Waals surface area contributed by atoms with E-state index in [0.29, 0.717) is 16.1 Å². The van der Waals surface area contributed by atoms with Gasteiger partial charge in [0.15, 0.2) is 5.91 Å². The Labute approximate surface area is 81.1 Å². The third-order valence-corrected chi connectivity index (χ3v) is 3.48. The van der Waals surface area contributed by atoms with Gasteiger partial charge in [-0.15, -0.1) is 0 Å². The first-order chi connectivity index (χ1) is 6.27. The van der Waals surface area contributed by atoms with Crippen LogP contribution in [-0.4, -0.2) is 46.8 Å². The standard InChI is InChI=1S/C8H15NO3Si/c1-11-8(12-2)13-9-6-4-3-5-7(9)10/h8H,3-6H2,1-2H3. The van der Waals surface area contributed by atoms with Gasteiger partial charge in [0.2, 0.25) is 5.91 Å². The molecule has 0 aliphatic carbocycles. The van der Waals surface area contributed by atoms with E-state index in [-0.39, 0.29) is 11.8 Å². The molecule has 1 amide bonds. The predicted molar refractivity (Wildman–Crippen MR) is 49.1 cm³/mol. The molecule has 1 aliphatic rings. The molecule has 74 valence electrons. The Morgan fingerprint density at radius 1 is 1.38 bits per heavy atom. The number of hydrogen-bond acceptors (Lipinski definition) is 3. The van der Waals surface area contributed by atoms with Crippen molar-refractivity contribution in [3.63, 3.8) is 0 Å². The van der Waals surface area contributed by atoms with E-state index >= 15 is 0 Å². The summed E-state index contributed by atoms with van der Waals surface area (Å²) >= 11 is 0. The molecule has 0 aromatic rings. The first-order valence-corrected chi connectivity index (χ1v) is 5.42. The minimum Gasteiger partial charge on any atom is -0.365 e. The van der Waals surface area contributed by atoms with Crippen molar-refractivity contribution in [2.45, 2.75) is 25.2 Å². The SMILES string of the molecule is COC(OC)[Si]N1CCCCC1=O. The number of nitrogens with zero attached hydrogens (tertiary/aromatic N) is 1. The fourth-order valence-corrected chi connectivity index (χ4v) is 2.28. The molecule has 1 heterocycles. The Kier molecular flexibility index (Phi) is 4.41. The van der Waals surface area contributed by atoms with Gasteiger partial charge in [0.25, 0.3) is 9.68 Å². The van der Waals surface area contributed by atoms with E-state index in [1.807, 2.05) is 4.57 Å². The lowest BCUT2D eigenvalue weighted by Crippen LogP contribution is -2.44. The lowest BCUT2D eigenvalue weighted by molar-refractivity contribution is -0.129. The molecule has 4 nitrogen and oxygen atoms in total. The van der Waals surface area contributed by atoms with Crippen LogP contribution in [0.4, 0.5) is 0 Å². The van der Waals surface area contributed by atoms with E-state index in [4.69, 9.17) is 9.47 Å². The van der Waals surface area contributed by atoms with Gasteiger partial charge in [-0.05, 0) is 12.8 Å². The minimum absolute atomic E-state index is 0.226. The first-order valence-electron chi connectivity index (χ1n) is 4.40. The highest BCUT2D eigenvalue weighted by molar-refractivity contribution is 6.37. The number of rotatable bonds is 4. The van der Waals surface area contributed by atoms with E-state index in [1.165, 1.54) is 0 Å². The number of carbonyl (C=O) groups is 1. The molecule has 5 heteroatoms. The monoisotopic (exact) mass is 201 g/mol. The highest BCUT2D eigenvalue weighted by Crippen LogP contribution is 2.10. The second kappa shape index (κ2) is 5.36. The molecule has 1 saturated heterocycles. The topological polar surface area (TPSA) is 38.8 Å². The van der Waals surface area contributed by atoms with Crippen molar-refractivity contribution in [3.05, 3.63) is 0 Å². The van der Waals surface area contributed by atoms with Gasteiger partial charge in [0.05, 0.1) is 0 Å². The Morgan fingerprint density at radius 3 is 2.62 bits per heavy atom. The number of methoxy groups -OCH3 is 2. The van der Waals surface area contributed by atoms with Crippen molar-refractivity contribution in [3.8, 4) is 0 Å². The van der Waals surface area contributed by atoms with E-state index in [2.05, 4.69) is 0 Å². The van der Waals surface area contributed by atoms with Gasteiger partial charge in [0.1, 0.15) is 0 Å². The number of carbonyl (C=O) groups excluding carboxylic acids is 1. The molecule has 0 aromatic carbocycles. The second-order valence-electron chi connectivity index (χ2n) is 2.93. The van der Waals surface area contributed by atoms with Crippen LogP contribution in [0.1, 0.15) is 19.3 Å². The van der Waals surface area contributed by atoms with Gasteiger partial charge in [-0.3, -0.25) is 4.79 Å². The molecule has 0 unspecified atom stereocenters. The van der Waals surface area contributed by atoms with Crippen molar-refractivity contribution in [1.82, 2.24) is 4.57 Å². The fraction of sp³-hybridized carbons (Fsp3) is 0.875. The molecule has 1 aliphatic heterocycles. The molecule has 0 saturated carbocycles. The summed E-state index contributed by atoms with van der Waals surface area (Å²) in [5.74, 6) is -0.0364. The number of amides is 1. The van der Waals surface area contributed by atoms with Crippen LogP contribution in [0.25, 0.3) is 0 Å². The normalized spacial score (nSPS) is 18.4. The lowest BCUT2D eigenvalue weighted by Gasteiger charge is -2.28. The van der Waals surface area contributed by atoms with Crippen LogP contribution in [0.3, 0.4) is 0 Å². The van der Waals surface area contributed by atoms with Crippen molar-refractivity contribution in [2.24, 2.45) is 0 Å². The van der Waals surface area contributed by atoms with E-state index in [1.54, 1.807) is 14.2 Å². The van der Waals surface area contributed by atoms with Crippen LogP contribution in [-0.2, 0) is 14.3 Å². The zero-order valence-corrected chi connectivity index (χ0v) is 9.08.